The second-order valence-electron chi connectivity index (χ2n) is 32.8. The number of Topliss-reactive ketones (excluding diaryl/α,β-unsaturated/α-hetero) is 5. The van der Waals surface area contributed by atoms with E-state index in [1.807, 2.05) is 22.6 Å². The number of aliphatic hydroxyl groups is 10. The number of anilines is 10. The van der Waals surface area contributed by atoms with E-state index < -0.39 is 142 Å². The minimum atomic E-state index is -1.15. The van der Waals surface area contributed by atoms with Crippen LogP contribution in [0.4, 0.5) is 79.5 Å². The van der Waals surface area contributed by atoms with Gasteiger partial charge < -0.3 is 100 Å². The molecule has 0 saturated carbocycles. The Labute approximate surface area is 848 Å². The van der Waals surface area contributed by atoms with Crippen LogP contribution in [-0.2, 0) is 91.5 Å². The van der Waals surface area contributed by atoms with E-state index in [0.29, 0.717) is 134 Å². The van der Waals surface area contributed by atoms with Gasteiger partial charge in [-0.1, -0.05) is 43.7 Å². The third-order valence-electron chi connectivity index (χ3n) is 23.2. The molecule has 5 aliphatic carbocycles. The number of hydrogen-bond acceptors (Lipinski definition) is 30. The largest absolute Gasteiger partial charge is 0.394 e. The maximum atomic E-state index is 14.5. The highest BCUT2D eigenvalue weighted by Gasteiger charge is 2.40. The van der Waals surface area contributed by atoms with Crippen molar-refractivity contribution in [1.29, 1.82) is 0 Å². The number of terminal acetylenes is 2. The van der Waals surface area contributed by atoms with Crippen molar-refractivity contribution in [3.05, 3.63) is 228 Å². The van der Waals surface area contributed by atoms with Gasteiger partial charge in [0.2, 0.25) is 0 Å². The zero-order valence-corrected chi connectivity index (χ0v) is 82.9. The SMILES string of the molecule is C#Cc1ccc(Nc2c(C(=O)NOC(CO)CO)c3c(n2C)C(=O)CCC3)c(F)c1.C#Cc1ccc(Nc2c(C(=O)NOC[C@@H](O)CO)c3c(n2C)C(=O)CCC3)c(F)c1.Cn1c(Nc2ccc(Br)cc2F)c(C(=O)NOC(CO)CO)c2c1C(=O)CC2.Cn1c(Nc2ccc(Br)cc2F)c(C(=O)NOC[C@@H](O)CO)c2c1C(=O)CC2.Cn1c(Nc2ccc(I)cc2F)c(C(=O)NOC(CO)CO)c2c1C(=O)CC2. The summed E-state index contributed by atoms with van der Waals surface area (Å²) in [4.78, 5) is 150. The Bertz CT molecular complexity index is 6490. The molecule has 5 aromatic heterocycles. The molecule has 144 heavy (non-hydrogen) atoms. The molecule has 5 aliphatic rings. The van der Waals surface area contributed by atoms with Gasteiger partial charge in [-0.3, -0.25) is 72.1 Å². The zero-order valence-electron chi connectivity index (χ0n) is 77.6. The Morgan fingerprint density at radius 3 is 0.847 bits per heavy atom. The van der Waals surface area contributed by atoms with Crippen LogP contribution >= 0.6 is 54.5 Å². The lowest BCUT2D eigenvalue weighted by Gasteiger charge is -2.15. The van der Waals surface area contributed by atoms with Crippen LogP contribution in [0.15, 0.2) is 99.9 Å². The predicted octanol–water partition coefficient (Wildman–Crippen LogP) is 8.13. The lowest BCUT2D eigenvalue weighted by molar-refractivity contribution is -0.0620. The molecule has 0 bridgehead atoms. The quantitative estimate of drug-likeness (QED) is 0.00771. The molecule has 0 unspecified atom stereocenters. The highest BCUT2D eigenvalue weighted by atomic mass is 127. The molecule has 5 heterocycles. The summed E-state index contributed by atoms with van der Waals surface area (Å²) in [7, 11) is 8.08. The number of fused-ring (bicyclic) bond motifs is 5. The number of hydroxylamine groups is 5. The lowest BCUT2D eigenvalue weighted by atomic mass is 9.93. The normalized spacial score (nSPS) is 13.5. The fourth-order valence-electron chi connectivity index (χ4n) is 16.2. The van der Waals surface area contributed by atoms with Gasteiger partial charge in [-0.05, 0) is 186 Å². The number of carbonyl (C=O) groups excluding carboxylic acids is 10. The predicted molar refractivity (Wildman–Crippen MR) is 525 cm³/mol. The van der Waals surface area contributed by atoms with E-state index in [-0.39, 0.29) is 147 Å². The molecule has 15 rings (SSSR count). The van der Waals surface area contributed by atoms with Gasteiger partial charge in [0.1, 0.15) is 102 Å². The third kappa shape index (κ3) is 25.9. The number of carbonyl (C=O) groups is 10. The number of aromatic nitrogens is 5. The number of aliphatic hydroxyl groups excluding tert-OH is 10. The zero-order chi connectivity index (χ0) is 105. The highest BCUT2D eigenvalue weighted by Crippen LogP contribution is 2.43. The molecular formula is C96H101Br2F5IN15O25. The van der Waals surface area contributed by atoms with E-state index in [9.17, 15) is 80.1 Å². The summed E-state index contributed by atoms with van der Waals surface area (Å²) in [6.07, 6.45) is 10.2. The number of nitrogens with one attached hydrogen (secondary N) is 10. The van der Waals surface area contributed by atoms with Gasteiger partial charge >= 0.3 is 0 Å². The molecule has 5 amide bonds. The Morgan fingerprint density at radius 1 is 0.354 bits per heavy atom. The molecule has 0 saturated heterocycles. The lowest BCUT2D eigenvalue weighted by Crippen LogP contribution is -2.34. The molecule has 0 radical (unpaired) electrons. The highest BCUT2D eigenvalue weighted by molar-refractivity contribution is 14.1. The number of hydrogen-bond donors (Lipinski definition) is 20. The van der Waals surface area contributed by atoms with Crippen molar-refractivity contribution in [3.8, 4) is 24.7 Å². The van der Waals surface area contributed by atoms with E-state index in [1.165, 1.54) is 77.4 Å². The Kier molecular flexibility index (Phi) is 39.5. The number of halogens is 8. The molecule has 5 aromatic carbocycles. The van der Waals surface area contributed by atoms with Crippen molar-refractivity contribution in [2.75, 3.05) is 92.7 Å². The number of ketones is 5. The van der Waals surface area contributed by atoms with Crippen LogP contribution < -0.4 is 54.0 Å². The monoisotopic (exact) mass is 2240 g/mol. The minimum absolute atomic E-state index is 0.0814. The van der Waals surface area contributed by atoms with Gasteiger partial charge in [-0.2, -0.15) is 0 Å². The first kappa shape index (κ1) is 111. The summed E-state index contributed by atoms with van der Waals surface area (Å²) in [5.41, 5.74) is 17.7. The maximum absolute atomic E-state index is 14.5. The fraction of sp³-hybridized carbons (Fsp3) is 0.333. The molecule has 766 valence electrons. The summed E-state index contributed by atoms with van der Waals surface area (Å²) in [6.45, 7) is -4.61. The molecule has 48 heteroatoms. The first-order valence-electron chi connectivity index (χ1n) is 44.3. The van der Waals surface area contributed by atoms with Gasteiger partial charge in [0.25, 0.3) is 29.5 Å². The average Bonchev–Trinajstić information content (AvgIpc) is 1.63. The fourth-order valence-corrected chi connectivity index (χ4v) is 17.3. The van der Waals surface area contributed by atoms with Crippen molar-refractivity contribution >= 4 is 170 Å². The van der Waals surface area contributed by atoms with Gasteiger partial charge in [0.05, 0.1) is 138 Å². The Morgan fingerprint density at radius 2 is 0.597 bits per heavy atom. The topological polar surface area (TPSA) is 564 Å². The molecule has 10 aromatic rings. The van der Waals surface area contributed by atoms with Crippen molar-refractivity contribution < 1.29 is 145 Å². The summed E-state index contributed by atoms with van der Waals surface area (Å²) < 4.78 is 81.3. The molecule has 0 aliphatic heterocycles. The number of nitrogens with zero attached hydrogens (tertiary/aromatic N) is 5. The number of rotatable bonds is 35. The number of benzene rings is 5. The van der Waals surface area contributed by atoms with Crippen molar-refractivity contribution in [3.63, 3.8) is 0 Å². The van der Waals surface area contributed by atoms with Crippen LogP contribution in [0.25, 0.3) is 0 Å². The van der Waals surface area contributed by atoms with Gasteiger partial charge in [0.15, 0.2) is 28.9 Å². The Hall–Kier alpha value is -12.9. The van der Waals surface area contributed by atoms with Gasteiger partial charge in [-0.25, -0.2) is 49.4 Å². The van der Waals surface area contributed by atoms with Crippen LogP contribution in [0.5, 0.6) is 0 Å². The smallest absolute Gasteiger partial charge is 0.278 e. The van der Waals surface area contributed by atoms with E-state index in [0.717, 1.165) is 3.57 Å². The van der Waals surface area contributed by atoms with Gasteiger partial charge in [-0.15, -0.1) is 12.8 Å². The summed E-state index contributed by atoms with van der Waals surface area (Å²) >= 11 is 8.36. The van der Waals surface area contributed by atoms with Crippen LogP contribution in [0, 0.1) is 57.3 Å². The molecule has 20 N–H and O–H groups in total. The van der Waals surface area contributed by atoms with Crippen molar-refractivity contribution in [2.45, 2.75) is 108 Å². The first-order chi connectivity index (χ1) is 68.8. The molecule has 2 atom stereocenters. The average molecular weight is 2250 g/mol. The molecular weight excluding hydrogens is 2140 g/mol. The van der Waals surface area contributed by atoms with Crippen LogP contribution in [0.3, 0.4) is 0 Å². The van der Waals surface area contributed by atoms with Crippen LogP contribution in [-0.4, -0.2) is 229 Å². The molecule has 0 fully saturated rings. The second-order valence-corrected chi connectivity index (χ2v) is 35.9. The maximum Gasteiger partial charge on any atom is 0.278 e. The standard InChI is InChI=1S/2C21H22FN3O5.2C18H19BrFN3O5.C18H19FIN3O5/c1-3-12-7-8-16(15(22)9-12)23-20-18(21(29)24-30-11-13(27)10-26)14-5-4-6-17(28)19(14)25(20)2;1-3-12-7-8-16(15(22)9-12)23-20-18(21(29)24-30-13(10-26)11-27)14-5-4-6-17(28)19(14)25(20)2;1-23-16-11(3-5-14(16)26)15(18(27)22-28-8-10(25)7-24)17(23)21-13-4-2-9(19)6-12(13)20;1-23-16-11(3-5-14(16)26)15(18(27)22-28-10(7-24)8-25)17(23)21-13-4-2-9(19)6-12(13)20;1-23-16-11(3-5-14(16)26)15(18(27)22-28-10(7-24)8-25)17(23)21-13-4-2-9(20)6-12(13)19/h2*1,7-9,13,23,26-27H,4-6,10-11H2,2H3,(H,24,29);3*2,4,6,10,21,24-25H,3,5,7-8H2,1H3,(H,22,27)/t13-;;10-;;/m0.0../s1. The van der Waals surface area contributed by atoms with Crippen LogP contribution in [0.2, 0.25) is 0 Å². The van der Waals surface area contributed by atoms with Crippen molar-refractivity contribution in [1.82, 2.24) is 50.2 Å². The van der Waals surface area contributed by atoms with E-state index in [1.54, 1.807) is 71.6 Å². The van der Waals surface area contributed by atoms with E-state index >= 15 is 0 Å². The minimum Gasteiger partial charge on any atom is -0.394 e. The Balaban J connectivity index is 0.000000172. The summed E-state index contributed by atoms with van der Waals surface area (Å²) in [6, 6.07) is 21.8. The third-order valence-corrected chi connectivity index (χ3v) is 24.9. The van der Waals surface area contributed by atoms with Gasteiger partial charge in [0, 0.05) is 91.0 Å². The molecule has 0 spiro atoms. The second kappa shape index (κ2) is 51.0. The number of amides is 5. The van der Waals surface area contributed by atoms with Crippen molar-refractivity contribution in [2.24, 2.45) is 35.2 Å². The van der Waals surface area contributed by atoms with E-state index in [4.69, 9.17) is 77.9 Å². The molecule has 40 nitrogen and oxygen atoms in total. The summed E-state index contributed by atoms with van der Waals surface area (Å²) in [5, 5.41) is 105. The summed E-state index contributed by atoms with van der Waals surface area (Å²) in [5.74, 6) is -0.761. The van der Waals surface area contributed by atoms with E-state index in [2.05, 4.69) is 97.7 Å². The first-order valence-corrected chi connectivity index (χ1v) is 46.9. The van der Waals surface area contributed by atoms with Crippen LogP contribution in [0.1, 0.15) is 188 Å².